The number of furan rings is 1. The molecule has 2 heterocycles. The van der Waals surface area contributed by atoms with Crippen LogP contribution in [0.3, 0.4) is 0 Å². The standard InChI is InChI=1S/C19H32N2O2/c1-5-17(6-2)19(22)20-12-16-7-9-21(10-8-16)13-18-11-14(3)23-15(18)4/h11,16-17H,5-10,12-13H2,1-4H3,(H,20,22). The van der Waals surface area contributed by atoms with Crippen LogP contribution < -0.4 is 5.32 Å². The molecule has 1 aromatic heterocycles. The zero-order chi connectivity index (χ0) is 16.8. The molecule has 0 unspecified atom stereocenters. The normalized spacial score (nSPS) is 16.9. The molecule has 0 radical (unpaired) electrons. The van der Waals surface area contributed by atoms with Crippen molar-refractivity contribution in [2.24, 2.45) is 11.8 Å². The van der Waals surface area contributed by atoms with E-state index in [4.69, 9.17) is 4.42 Å². The number of aryl methyl sites for hydroxylation is 2. The summed E-state index contributed by atoms with van der Waals surface area (Å²) in [6.07, 6.45) is 4.20. The van der Waals surface area contributed by atoms with Crippen molar-refractivity contribution in [1.29, 1.82) is 0 Å². The Morgan fingerprint density at radius 2 is 1.96 bits per heavy atom. The molecule has 0 aromatic carbocycles. The monoisotopic (exact) mass is 320 g/mol. The molecule has 1 N–H and O–H groups in total. The highest BCUT2D eigenvalue weighted by Gasteiger charge is 2.22. The first kappa shape index (κ1) is 18.1. The first-order valence-electron chi connectivity index (χ1n) is 9.09. The van der Waals surface area contributed by atoms with Gasteiger partial charge in [0.15, 0.2) is 0 Å². The number of amides is 1. The summed E-state index contributed by atoms with van der Waals surface area (Å²) < 4.78 is 5.61. The largest absolute Gasteiger partial charge is 0.466 e. The quantitative estimate of drug-likeness (QED) is 0.834. The van der Waals surface area contributed by atoms with E-state index < -0.39 is 0 Å². The number of nitrogens with zero attached hydrogens (tertiary/aromatic N) is 1. The molecule has 4 heteroatoms. The van der Waals surface area contributed by atoms with Crippen LogP contribution in [-0.2, 0) is 11.3 Å². The fourth-order valence-electron chi connectivity index (χ4n) is 3.48. The maximum absolute atomic E-state index is 12.1. The summed E-state index contributed by atoms with van der Waals surface area (Å²) in [5.41, 5.74) is 1.31. The first-order chi connectivity index (χ1) is 11.0. The number of carbonyl (C=O) groups is 1. The fourth-order valence-corrected chi connectivity index (χ4v) is 3.48. The maximum Gasteiger partial charge on any atom is 0.223 e. The molecule has 1 amide bonds. The summed E-state index contributed by atoms with van der Waals surface area (Å²) >= 11 is 0. The SMILES string of the molecule is CCC(CC)C(=O)NCC1CCN(Cc2cc(C)oc2C)CC1. The number of likely N-dealkylation sites (tertiary alicyclic amines) is 1. The molecule has 1 aliphatic rings. The van der Waals surface area contributed by atoms with Crippen LogP contribution in [0.5, 0.6) is 0 Å². The lowest BCUT2D eigenvalue weighted by Gasteiger charge is -2.32. The van der Waals surface area contributed by atoms with Crippen molar-refractivity contribution >= 4 is 5.91 Å². The van der Waals surface area contributed by atoms with Crippen molar-refractivity contribution in [2.45, 2.75) is 59.9 Å². The van der Waals surface area contributed by atoms with Gasteiger partial charge in [0.1, 0.15) is 11.5 Å². The molecule has 0 bridgehead atoms. The number of carbonyl (C=O) groups excluding carboxylic acids is 1. The third-order valence-electron chi connectivity index (χ3n) is 5.17. The molecular formula is C19H32N2O2. The smallest absolute Gasteiger partial charge is 0.223 e. The van der Waals surface area contributed by atoms with Gasteiger partial charge < -0.3 is 9.73 Å². The Hall–Kier alpha value is -1.29. The van der Waals surface area contributed by atoms with Crippen LogP contribution in [0.25, 0.3) is 0 Å². The zero-order valence-corrected chi connectivity index (χ0v) is 15.2. The van der Waals surface area contributed by atoms with E-state index in [0.717, 1.165) is 50.5 Å². The van der Waals surface area contributed by atoms with Gasteiger partial charge in [-0.15, -0.1) is 0 Å². The number of hydrogen-bond donors (Lipinski definition) is 1. The van der Waals surface area contributed by atoms with Gasteiger partial charge in [0, 0.05) is 24.6 Å². The third kappa shape index (κ3) is 5.10. The van der Waals surface area contributed by atoms with Gasteiger partial charge in [-0.1, -0.05) is 13.8 Å². The average Bonchev–Trinajstić information content (AvgIpc) is 2.85. The van der Waals surface area contributed by atoms with Crippen LogP contribution in [0.1, 0.15) is 56.6 Å². The second kappa shape index (κ2) is 8.53. The van der Waals surface area contributed by atoms with Gasteiger partial charge in [0.2, 0.25) is 5.91 Å². The second-order valence-corrected chi connectivity index (χ2v) is 6.92. The lowest BCUT2D eigenvalue weighted by molar-refractivity contribution is -0.125. The minimum absolute atomic E-state index is 0.183. The molecule has 2 rings (SSSR count). The molecule has 0 atom stereocenters. The lowest BCUT2D eigenvalue weighted by Crippen LogP contribution is -2.39. The van der Waals surface area contributed by atoms with E-state index in [-0.39, 0.29) is 11.8 Å². The van der Waals surface area contributed by atoms with E-state index in [1.54, 1.807) is 0 Å². The van der Waals surface area contributed by atoms with Crippen molar-refractivity contribution < 1.29 is 9.21 Å². The molecule has 0 aliphatic carbocycles. The van der Waals surface area contributed by atoms with Crippen molar-refractivity contribution in [3.63, 3.8) is 0 Å². The van der Waals surface area contributed by atoms with Crippen LogP contribution >= 0.6 is 0 Å². The summed E-state index contributed by atoms with van der Waals surface area (Å²) in [6.45, 7) is 12.3. The molecule has 0 spiro atoms. The number of hydrogen-bond acceptors (Lipinski definition) is 3. The van der Waals surface area contributed by atoms with E-state index in [1.807, 2.05) is 13.8 Å². The minimum Gasteiger partial charge on any atom is -0.466 e. The summed E-state index contributed by atoms with van der Waals surface area (Å²) in [6, 6.07) is 2.15. The van der Waals surface area contributed by atoms with Gasteiger partial charge in [-0.3, -0.25) is 9.69 Å². The Labute approximate surface area is 140 Å². The topological polar surface area (TPSA) is 45.5 Å². The van der Waals surface area contributed by atoms with Crippen molar-refractivity contribution in [3.05, 3.63) is 23.2 Å². The maximum atomic E-state index is 12.1. The highest BCUT2D eigenvalue weighted by Crippen LogP contribution is 2.21. The predicted octanol–water partition coefficient (Wildman–Crippen LogP) is 3.66. The Kier molecular flexibility index (Phi) is 6.70. The third-order valence-corrected chi connectivity index (χ3v) is 5.17. The molecule has 23 heavy (non-hydrogen) atoms. The van der Waals surface area contributed by atoms with E-state index in [2.05, 4.69) is 30.1 Å². The van der Waals surface area contributed by atoms with Crippen LogP contribution in [0.2, 0.25) is 0 Å². The van der Waals surface area contributed by atoms with Gasteiger partial charge in [-0.2, -0.15) is 0 Å². The highest BCUT2D eigenvalue weighted by atomic mass is 16.3. The molecule has 0 saturated carbocycles. The highest BCUT2D eigenvalue weighted by molar-refractivity contribution is 5.78. The van der Waals surface area contributed by atoms with E-state index in [9.17, 15) is 4.79 Å². The minimum atomic E-state index is 0.183. The van der Waals surface area contributed by atoms with Crippen LogP contribution in [-0.4, -0.2) is 30.4 Å². The summed E-state index contributed by atoms with van der Waals surface area (Å²) in [7, 11) is 0. The second-order valence-electron chi connectivity index (χ2n) is 6.92. The molecule has 1 aromatic rings. The van der Waals surface area contributed by atoms with Gasteiger partial charge >= 0.3 is 0 Å². The Bertz CT molecular complexity index is 497. The molecule has 1 fully saturated rings. The Morgan fingerprint density at radius 1 is 1.30 bits per heavy atom. The number of nitrogens with one attached hydrogen (secondary N) is 1. The Balaban J connectivity index is 1.71. The van der Waals surface area contributed by atoms with Gasteiger partial charge in [-0.25, -0.2) is 0 Å². The first-order valence-corrected chi connectivity index (χ1v) is 9.09. The van der Waals surface area contributed by atoms with Gasteiger partial charge in [0.05, 0.1) is 0 Å². The number of piperidine rings is 1. The van der Waals surface area contributed by atoms with Gasteiger partial charge in [0.25, 0.3) is 0 Å². The predicted molar refractivity (Wildman–Crippen MR) is 93.3 cm³/mol. The van der Waals surface area contributed by atoms with Crippen molar-refractivity contribution in [2.75, 3.05) is 19.6 Å². The zero-order valence-electron chi connectivity index (χ0n) is 15.2. The fraction of sp³-hybridized carbons (Fsp3) is 0.737. The molecule has 4 nitrogen and oxygen atoms in total. The summed E-state index contributed by atoms with van der Waals surface area (Å²) in [5, 5.41) is 3.16. The van der Waals surface area contributed by atoms with Gasteiger partial charge in [-0.05, 0) is 64.6 Å². The van der Waals surface area contributed by atoms with Crippen molar-refractivity contribution in [1.82, 2.24) is 10.2 Å². The number of rotatable bonds is 7. The van der Waals surface area contributed by atoms with Crippen LogP contribution in [0, 0.1) is 25.7 Å². The van der Waals surface area contributed by atoms with Crippen LogP contribution in [0.4, 0.5) is 0 Å². The summed E-state index contributed by atoms with van der Waals surface area (Å²) in [4.78, 5) is 14.6. The van der Waals surface area contributed by atoms with E-state index in [1.165, 1.54) is 18.4 Å². The molecule has 1 saturated heterocycles. The molecule has 130 valence electrons. The molecular weight excluding hydrogens is 288 g/mol. The lowest BCUT2D eigenvalue weighted by atomic mass is 9.95. The van der Waals surface area contributed by atoms with Crippen LogP contribution in [0.15, 0.2) is 10.5 Å². The molecule has 1 aliphatic heterocycles. The van der Waals surface area contributed by atoms with E-state index in [0.29, 0.717) is 5.92 Å². The van der Waals surface area contributed by atoms with E-state index >= 15 is 0 Å². The average molecular weight is 320 g/mol. The Morgan fingerprint density at radius 3 is 2.48 bits per heavy atom. The summed E-state index contributed by atoms with van der Waals surface area (Å²) in [5.74, 6) is 3.08. The van der Waals surface area contributed by atoms with Crippen molar-refractivity contribution in [3.8, 4) is 0 Å².